The number of amides is 1. The Hall–Kier alpha value is -0.820. The molecule has 1 saturated heterocycles. The van der Waals surface area contributed by atoms with Crippen LogP contribution in [-0.4, -0.2) is 49.3 Å². The number of ether oxygens (including phenoxy) is 1. The molecule has 1 N–H and O–H groups in total. The van der Waals surface area contributed by atoms with Crippen LogP contribution in [0.25, 0.3) is 0 Å². The second kappa shape index (κ2) is 6.96. The van der Waals surface area contributed by atoms with E-state index in [4.69, 9.17) is 4.74 Å². The second-order valence-electron chi connectivity index (χ2n) is 7.02. The number of alkyl carbamates (subject to hydrolysis) is 1. The highest BCUT2D eigenvalue weighted by Gasteiger charge is 2.30. The van der Waals surface area contributed by atoms with Crippen molar-refractivity contribution in [2.45, 2.75) is 59.1 Å². The summed E-state index contributed by atoms with van der Waals surface area (Å²) in [5, 5.41) is 2.76. The average Bonchev–Trinajstić information content (AvgIpc) is 2.24. The van der Waals surface area contributed by atoms with E-state index >= 15 is 0 Å². The summed E-state index contributed by atoms with van der Waals surface area (Å²) in [4.78, 5) is 11.8. The van der Waals surface area contributed by atoms with Gasteiger partial charge in [-0.25, -0.2) is 13.2 Å². The van der Waals surface area contributed by atoms with Gasteiger partial charge >= 0.3 is 6.09 Å². The quantitative estimate of drug-likeness (QED) is 0.859. The van der Waals surface area contributed by atoms with E-state index in [1.54, 1.807) is 20.8 Å². The summed E-state index contributed by atoms with van der Waals surface area (Å²) in [5.41, 5.74) is -0.553. The van der Waals surface area contributed by atoms with Crippen LogP contribution < -0.4 is 5.32 Å². The van der Waals surface area contributed by atoms with Crippen molar-refractivity contribution in [3.8, 4) is 0 Å². The second-order valence-corrected chi connectivity index (χ2v) is 9.03. The van der Waals surface area contributed by atoms with Gasteiger partial charge < -0.3 is 10.1 Å². The zero-order chi connectivity index (χ0) is 16.3. The van der Waals surface area contributed by atoms with Crippen LogP contribution in [0.5, 0.6) is 0 Å². The molecule has 0 spiro atoms. The molecule has 0 aliphatic carbocycles. The number of sulfonamides is 1. The Labute approximate surface area is 128 Å². The molecule has 1 fully saturated rings. The molecule has 0 radical (unpaired) electrons. The van der Waals surface area contributed by atoms with Gasteiger partial charge in [-0.2, -0.15) is 4.31 Å². The van der Waals surface area contributed by atoms with Crippen LogP contribution in [0.2, 0.25) is 0 Å². The number of nitrogens with zero attached hydrogens (tertiary/aromatic N) is 1. The molecule has 0 bridgehead atoms. The van der Waals surface area contributed by atoms with E-state index in [1.807, 2.05) is 13.8 Å². The lowest BCUT2D eigenvalue weighted by molar-refractivity contribution is 0.0487. The zero-order valence-electron chi connectivity index (χ0n) is 13.7. The molecule has 0 aromatic carbocycles. The van der Waals surface area contributed by atoms with Gasteiger partial charge in [0.05, 0.1) is 5.75 Å². The van der Waals surface area contributed by atoms with Crippen molar-refractivity contribution in [1.29, 1.82) is 0 Å². The highest BCUT2D eigenvalue weighted by atomic mass is 32.2. The number of carbonyl (C=O) groups is 1. The number of hydrogen-bond acceptors (Lipinski definition) is 4. The first-order valence-corrected chi connectivity index (χ1v) is 9.08. The fourth-order valence-electron chi connectivity index (χ4n) is 2.31. The largest absolute Gasteiger partial charge is 0.444 e. The molecule has 0 unspecified atom stereocenters. The SMILES string of the molecule is CC(C)CS(=O)(=O)N1CCC[C@H](NC(=O)OC(C)(C)C)C1. The normalized spacial score (nSPS) is 21.3. The van der Waals surface area contributed by atoms with Gasteiger partial charge in [-0.1, -0.05) is 13.8 Å². The highest BCUT2D eigenvalue weighted by Crippen LogP contribution is 2.17. The molecule has 1 heterocycles. The van der Waals surface area contributed by atoms with Crippen LogP contribution in [-0.2, 0) is 14.8 Å². The molecular formula is C14H28N2O4S. The van der Waals surface area contributed by atoms with Gasteiger partial charge in [0.2, 0.25) is 10.0 Å². The standard InChI is InChI=1S/C14H28N2O4S/c1-11(2)10-21(18,19)16-8-6-7-12(9-16)15-13(17)20-14(3,4)5/h11-12H,6-10H2,1-5H3,(H,15,17)/t12-/m0/s1. The van der Waals surface area contributed by atoms with Crippen molar-refractivity contribution in [3.63, 3.8) is 0 Å². The van der Waals surface area contributed by atoms with Crippen LogP contribution >= 0.6 is 0 Å². The Bertz CT molecular complexity index is 454. The maximum Gasteiger partial charge on any atom is 0.407 e. The van der Waals surface area contributed by atoms with Gasteiger partial charge in [0.1, 0.15) is 5.60 Å². The van der Waals surface area contributed by atoms with Crippen molar-refractivity contribution in [2.75, 3.05) is 18.8 Å². The van der Waals surface area contributed by atoms with Crippen LogP contribution in [0.3, 0.4) is 0 Å². The van der Waals surface area contributed by atoms with E-state index in [0.717, 1.165) is 12.8 Å². The Kier molecular flexibility index (Phi) is 6.04. The number of carbonyl (C=O) groups excluding carboxylic acids is 1. The van der Waals surface area contributed by atoms with Crippen molar-refractivity contribution in [1.82, 2.24) is 9.62 Å². The average molecular weight is 320 g/mol. The van der Waals surface area contributed by atoms with Gasteiger partial charge in [-0.15, -0.1) is 0 Å². The number of rotatable bonds is 4. The van der Waals surface area contributed by atoms with Crippen LogP contribution in [0.1, 0.15) is 47.5 Å². The fraction of sp³-hybridized carbons (Fsp3) is 0.929. The van der Waals surface area contributed by atoms with Crippen molar-refractivity contribution < 1.29 is 17.9 Å². The zero-order valence-corrected chi connectivity index (χ0v) is 14.5. The number of nitrogens with one attached hydrogen (secondary N) is 1. The molecule has 6 nitrogen and oxygen atoms in total. The summed E-state index contributed by atoms with van der Waals surface area (Å²) < 4.78 is 31.2. The van der Waals surface area contributed by atoms with Gasteiger partial charge in [0.25, 0.3) is 0 Å². The van der Waals surface area contributed by atoms with E-state index in [1.165, 1.54) is 4.31 Å². The lowest BCUT2D eigenvalue weighted by Crippen LogP contribution is -2.51. The summed E-state index contributed by atoms with van der Waals surface area (Å²) in [5.74, 6) is 0.237. The minimum absolute atomic E-state index is 0.0918. The van der Waals surface area contributed by atoms with E-state index in [0.29, 0.717) is 13.1 Å². The smallest absolute Gasteiger partial charge is 0.407 e. The molecule has 0 saturated carbocycles. The molecule has 1 aliphatic rings. The Morgan fingerprint density at radius 1 is 1.38 bits per heavy atom. The maximum absolute atomic E-state index is 12.2. The predicted octanol–water partition coefficient (Wildman–Crippen LogP) is 1.96. The Morgan fingerprint density at radius 2 is 2.00 bits per heavy atom. The molecule has 1 atom stereocenters. The van der Waals surface area contributed by atoms with E-state index < -0.39 is 21.7 Å². The van der Waals surface area contributed by atoms with Gasteiger partial charge in [-0.05, 0) is 39.5 Å². The van der Waals surface area contributed by atoms with Crippen molar-refractivity contribution >= 4 is 16.1 Å². The van der Waals surface area contributed by atoms with Crippen LogP contribution in [0, 0.1) is 5.92 Å². The van der Waals surface area contributed by atoms with E-state index in [9.17, 15) is 13.2 Å². The minimum atomic E-state index is -3.25. The molecular weight excluding hydrogens is 292 g/mol. The molecule has 1 aliphatic heterocycles. The van der Waals surface area contributed by atoms with Crippen molar-refractivity contribution in [3.05, 3.63) is 0 Å². The maximum atomic E-state index is 12.2. The highest BCUT2D eigenvalue weighted by molar-refractivity contribution is 7.89. The summed E-state index contributed by atoms with van der Waals surface area (Å²) >= 11 is 0. The minimum Gasteiger partial charge on any atom is -0.444 e. The van der Waals surface area contributed by atoms with Crippen molar-refractivity contribution in [2.24, 2.45) is 5.92 Å². The molecule has 7 heteroatoms. The third-order valence-corrected chi connectivity index (χ3v) is 5.25. The molecule has 0 aromatic heterocycles. The van der Waals surface area contributed by atoms with Gasteiger partial charge in [0, 0.05) is 19.1 Å². The number of hydrogen-bond donors (Lipinski definition) is 1. The van der Waals surface area contributed by atoms with Gasteiger partial charge in [0.15, 0.2) is 0 Å². The first-order chi connectivity index (χ1) is 9.49. The molecule has 1 amide bonds. The molecule has 124 valence electrons. The summed E-state index contributed by atoms with van der Waals surface area (Å²) in [6.07, 6.45) is 1.03. The Morgan fingerprint density at radius 3 is 2.52 bits per heavy atom. The summed E-state index contributed by atoms with van der Waals surface area (Å²) in [7, 11) is -3.25. The molecule has 21 heavy (non-hydrogen) atoms. The third kappa shape index (κ3) is 6.65. The monoisotopic (exact) mass is 320 g/mol. The van der Waals surface area contributed by atoms with Crippen LogP contribution in [0.15, 0.2) is 0 Å². The fourth-order valence-corrected chi connectivity index (χ4v) is 4.18. The topological polar surface area (TPSA) is 75.7 Å². The summed E-state index contributed by atoms with van der Waals surface area (Å²) in [6.45, 7) is 10.0. The van der Waals surface area contributed by atoms with E-state index in [-0.39, 0.29) is 17.7 Å². The summed E-state index contributed by atoms with van der Waals surface area (Å²) in [6, 6.07) is -0.185. The van der Waals surface area contributed by atoms with Crippen LogP contribution in [0.4, 0.5) is 4.79 Å². The molecule has 1 rings (SSSR count). The lowest BCUT2D eigenvalue weighted by atomic mass is 10.1. The third-order valence-electron chi connectivity index (χ3n) is 3.04. The number of piperidine rings is 1. The Balaban J connectivity index is 2.58. The van der Waals surface area contributed by atoms with E-state index in [2.05, 4.69) is 5.32 Å². The first-order valence-electron chi connectivity index (χ1n) is 7.47. The molecule has 0 aromatic rings. The lowest BCUT2D eigenvalue weighted by Gasteiger charge is -2.33. The predicted molar refractivity (Wildman–Crippen MR) is 82.6 cm³/mol. The van der Waals surface area contributed by atoms with Gasteiger partial charge in [-0.3, -0.25) is 0 Å². The first kappa shape index (κ1) is 18.2.